The third-order valence-corrected chi connectivity index (χ3v) is 5.27. The third kappa shape index (κ3) is 5.26. The summed E-state index contributed by atoms with van der Waals surface area (Å²) in [5.74, 6) is 2.50. The molecule has 0 amide bonds. The van der Waals surface area contributed by atoms with Crippen LogP contribution >= 0.6 is 11.8 Å². The van der Waals surface area contributed by atoms with Crippen LogP contribution in [0.15, 0.2) is 66.3 Å². The van der Waals surface area contributed by atoms with Crippen LogP contribution in [0.5, 0.6) is 11.5 Å². The molecule has 6 nitrogen and oxygen atoms in total. The predicted molar refractivity (Wildman–Crippen MR) is 114 cm³/mol. The summed E-state index contributed by atoms with van der Waals surface area (Å²) in [6.45, 7) is 6.63. The summed E-state index contributed by atoms with van der Waals surface area (Å²) in [4.78, 5) is 12.5. The fourth-order valence-electron chi connectivity index (χ4n) is 2.70. The van der Waals surface area contributed by atoms with Crippen molar-refractivity contribution in [2.45, 2.75) is 25.2 Å². The van der Waals surface area contributed by atoms with Crippen LogP contribution in [0.3, 0.4) is 0 Å². The van der Waals surface area contributed by atoms with Crippen molar-refractivity contribution in [1.29, 1.82) is 0 Å². The van der Waals surface area contributed by atoms with Crippen molar-refractivity contribution >= 4 is 17.5 Å². The Kier molecular flexibility index (Phi) is 7.08. The van der Waals surface area contributed by atoms with Crippen LogP contribution in [0.2, 0.25) is 0 Å². The van der Waals surface area contributed by atoms with E-state index in [1.807, 2.05) is 35.8 Å². The highest BCUT2D eigenvalue weighted by atomic mass is 32.2. The summed E-state index contributed by atoms with van der Waals surface area (Å²) < 4.78 is 12.9. The molecule has 0 aliphatic rings. The average molecular weight is 410 g/mol. The standard InChI is InChI=1S/C22H23N3O3S/c1-4-13-25-21(14-28-20-8-6-5-7-16(20)2)23-24-22(25)29-15-19(26)17-9-11-18(27-3)12-10-17/h4-12H,1,13-15H2,2-3H3. The number of ketones is 1. The first-order valence-corrected chi connectivity index (χ1v) is 10.1. The number of rotatable bonds is 10. The average Bonchev–Trinajstić information content (AvgIpc) is 3.13. The molecule has 1 aromatic heterocycles. The molecular formula is C22H23N3O3S. The zero-order valence-corrected chi connectivity index (χ0v) is 17.3. The van der Waals surface area contributed by atoms with Gasteiger partial charge in [0, 0.05) is 12.1 Å². The monoisotopic (exact) mass is 409 g/mol. The second kappa shape index (κ2) is 9.93. The molecule has 2 aromatic carbocycles. The van der Waals surface area contributed by atoms with E-state index in [1.54, 1.807) is 37.5 Å². The fraction of sp³-hybridized carbons (Fsp3) is 0.227. The van der Waals surface area contributed by atoms with Crippen molar-refractivity contribution in [3.05, 3.63) is 78.1 Å². The summed E-state index contributed by atoms with van der Waals surface area (Å²) in [7, 11) is 1.60. The molecule has 0 bridgehead atoms. The summed E-state index contributed by atoms with van der Waals surface area (Å²) in [6, 6.07) is 14.9. The Balaban J connectivity index is 1.66. The van der Waals surface area contributed by atoms with Crippen LogP contribution in [0.1, 0.15) is 21.7 Å². The summed E-state index contributed by atoms with van der Waals surface area (Å²) in [5, 5.41) is 9.14. The minimum Gasteiger partial charge on any atom is -0.497 e. The van der Waals surface area contributed by atoms with Gasteiger partial charge in [0.2, 0.25) is 0 Å². The molecule has 3 aromatic rings. The van der Waals surface area contributed by atoms with Gasteiger partial charge in [-0.2, -0.15) is 0 Å². The number of carbonyl (C=O) groups is 1. The summed E-state index contributed by atoms with van der Waals surface area (Å²) >= 11 is 1.35. The molecule has 0 unspecified atom stereocenters. The molecule has 0 N–H and O–H groups in total. The first-order valence-electron chi connectivity index (χ1n) is 9.14. The van der Waals surface area contributed by atoms with Crippen molar-refractivity contribution in [3.63, 3.8) is 0 Å². The minimum atomic E-state index is 0.0171. The van der Waals surface area contributed by atoms with E-state index in [9.17, 15) is 4.79 Å². The minimum absolute atomic E-state index is 0.0171. The maximum atomic E-state index is 12.5. The molecule has 0 saturated carbocycles. The van der Waals surface area contributed by atoms with E-state index in [0.717, 1.165) is 17.1 Å². The van der Waals surface area contributed by atoms with E-state index in [1.165, 1.54) is 11.8 Å². The van der Waals surface area contributed by atoms with Crippen LogP contribution < -0.4 is 9.47 Å². The molecule has 0 atom stereocenters. The van der Waals surface area contributed by atoms with Crippen molar-refractivity contribution in [2.24, 2.45) is 0 Å². The van der Waals surface area contributed by atoms with Gasteiger partial charge in [0.1, 0.15) is 18.1 Å². The number of nitrogens with zero attached hydrogens (tertiary/aromatic N) is 3. The van der Waals surface area contributed by atoms with Crippen molar-refractivity contribution in [2.75, 3.05) is 12.9 Å². The Morgan fingerprint density at radius 3 is 2.62 bits per heavy atom. The molecular weight excluding hydrogens is 386 g/mol. The molecule has 0 aliphatic heterocycles. The number of hydrogen-bond donors (Lipinski definition) is 0. The Bertz CT molecular complexity index is 983. The lowest BCUT2D eigenvalue weighted by molar-refractivity contribution is 0.102. The van der Waals surface area contributed by atoms with E-state index in [0.29, 0.717) is 29.7 Å². The van der Waals surface area contributed by atoms with Crippen LogP contribution in [0.25, 0.3) is 0 Å². The van der Waals surface area contributed by atoms with Gasteiger partial charge in [-0.3, -0.25) is 9.36 Å². The van der Waals surface area contributed by atoms with Crippen LogP contribution in [0.4, 0.5) is 0 Å². The predicted octanol–water partition coefficient (Wildman–Crippen LogP) is 4.34. The van der Waals surface area contributed by atoms with Gasteiger partial charge in [0.25, 0.3) is 0 Å². The molecule has 0 saturated heterocycles. The van der Waals surface area contributed by atoms with E-state index < -0.39 is 0 Å². The van der Waals surface area contributed by atoms with Gasteiger partial charge in [-0.25, -0.2) is 0 Å². The third-order valence-electron chi connectivity index (χ3n) is 4.30. The van der Waals surface area contributed by atoms with E-state index in [2.05, 4.69) is 16.8 Å². The summed E-state index contributed by atoms with van der Waals surface area (Å²) in [5.41, 5.74) is 1.69. The Hall–Kier alpha value is -3.06. The van der Waals surface area contributed by atoms with Crippen molar-refractivity contribution in [1.82, 2.24) is 14.8 Å². The number of benzene rings is 2. The lowest BCUT2D eigenvalue weighted by Gasteiger charge is -2.10. The van der Waals surface area contributed by atoms with Crippen LogP contribution in [0, 0.1) is 6.92 Å². The molecule has 7 heteroatoms. The zero-order chi connectivity index (χ0) is 20.6. The number of carbonyl (C=O) groups excluding carboxylic acids is 1. The van der Waals surface area contributed by atoms with Gasteiger partial charge in [0.05, 0.1) is 12.9 Å². The zero-order valence-electron chi connectivity index (χ0n) is 16.5. The summed E-state index contributed by atoms with van der Waals surface area (Å²) in [6.07, 6.45) is 1.77. The van der Waals surface area contributed by atoms with Gasteiger partial charge in [0.15, 0.2) is 16.8 Å². The van der Waals surface area contributed by atoms with Crippen LogP contribution in [-0.4, -0.2) is 33.4 Å². The molecule has 29 heavy (non-hydrogen) atoms. The molecule has 150 valence electrons. The number of ether oxygens (including phenoxy) is 2. The maximum Gasteiger partial charge on any atom is 0.192 e. The Morgan fingerprint density at radius 2 is 1.93 bits per heavy atom. The highest BCUT2D eigenvalue weighted by molar-refractivity contribution is 7.99. The topological polar surface area (TPSA) is 66.2 Å². The van der Waals surface area contributed by atoms with E-state index >= 15 is 0 Å². The van der Waals surface area contributed by atoms with Gasteiger partial charge in [-0.05, 0) is 42.8 Å². The largest absolute Gasteiger partial charge is 0.497 e. The van der Waals surface area contributed by atoms with E-state index in [4.69, 9.17) is 9.47 Å². The first-order chi connectivity index (χ1) is 14.1. The van der Waals surface area contributed by atoms with Crippen molar-refractivity contribution in [3.8, 4) is 11.5 Å². The number of para-hydroxylation sites is 1. The lowest BCUT2D eigenvalue weighted by Crippen LogP contribution is -2.09. The molecule has 1 heterocycles. The number of Topliss-reactive ketones (excluding diaryl/α,β-unsaturated/α-hetero) is 1. The van der Waals surface area contributed by atoms with Crippen molar-refractivity contribution < 1.29 is 14.3 Å². The van der Waals surface area contributed by atoms with Gasteiger partial charge in [-0.1, -0.05) is 36.0 Å². The number of aryl methyl sites for hydroxylation is 1. The second-order valence-electron chi connectivity index (χ2n) is 6.29. The smallest absolute Gasteiger partial charge is 0.192 e. The number of thioether (sulfide) groups is 1. The SMILES string of the molecule is C=CCn1c(COc2ccccc2C)nnc1SCC(=O)c1ccc(OC)cc1. The highest BCUT2D eigenvalue weighted by Gasteiger charge is 2.15. The van der Waals surface area contributed by atoms with Crippen LogP contribution in [-0.2, 0) is 13.2 Å². The van der Waals surface area contributed by atoms with Gasteiger partial charge in [-0.15, -0.1) is 16.8 Å². The van der Waals surface area contributed by atoms with E-state index in [-0.39, 0.29) is 11.5 Å². The molecule has 0 fully saturated rings. The lowest BCUT2D eigenvalue weighted by atomic mass is 10.1. The Labute approximate surface area is 174 Å². The molecule has 0 aliphatic carbocycles. The number of aromatic nitrogens is 3. The molecule has 3 rings (SSSR count). The molecule has 0 radical (unpaired) electrons. The van der Waals surface area contributed by atoms with Gasteiger partial charge >= 0.3 is 0 Å². The number of hydrogen-bond acceptors (Lipinski definition) is 6. The second-order valence-corrected chi connectivity index (χ2v) is 7.24. The quantitative estimate of drug-likeness (QED) is 0.282. The number of allylic oxidation sites excluding steroid dienone is 1. The fourth-order valence-corrected chi connectivity index (χ4v) is 3.56. The molecule has 0 spiro atoms. The highest BCUT2D eigenvalue weighted by Crippen LogP contribution is 2.22. The maximum absolute atomic E-state index is 12.5. The first kappa shape index (κ1) is 20.7. The normalized spacial score (nSPS) is 10.6. The Morgan fingerprint density at radius 1 is 1.17 bits per heavy atom. The van der Waals surface area contributed by atoms with Gasteiger partial charge < -0.3 is 9.47 Å². The number of methoxy groups -OCH3 is 1.